The molecule has 1 aliphatic rings. The second kappa shape index (κ2) is 5.96. The quantitative estimate of drug-likeness (QED) is 0.909. The Morgan fingerprint density at radius 2 is 2.23 bits per heavy atom. The molecule has 22 heavy (non-hydrogen) atoms. The summed E-state index contributed by atoms with van der Waals surface area (Å²) < 4.78 is 15.3. The van der Waals surface area contributed by atoms with E-state index in [1.165, 1.54) is 11.3 Å². The van der Waals surface area contributed by atoms with Crippen molar-refractivity contribution in [2.45, 2.75) is 43.9 Å². The zero-order chi connectivity index (χ0) is 15.9. The zero-order valence-corrected chi connectivity index (χ0v) is 14.4. The minimum atomic E-state index is -1.10. The van der Waals surface area contributed by atoms with Crippen LogP contribution >= 0.6 is 11.3 Å². The largest absolute Gasteiger partial charge is 0.365 e. The first-order valence-electron chi connectivity index (χ1n) is 7.47. The van der Waals surface area contributed by atoms with Crippen LogP contribution in [-0.4, -0.2) is 25.6 Å². The number of fused-ring (bicyclic) bond motifs is 3. The van der Waals surface area contributed by atoms with Crippen LogP contribution in [0.4, 0.5) is 0 Å². The van der Waals surface area contributed by atoms with E-state index in [2.05, 4.69) is 5.10 Å². The van der Waals surface area contributed by atoms with Crippen molar-refractivity contribution in [3.63, 3.8) is 0 Å². The van der Waals surface area contributed by atoms with Crippen LogP contribution in [0.3, 0.4) is 0 Å². The van der Waals surface area contributed by atoms with Crippen LogP contribution in [0, 0.1) is 0 Å². The molecule has 0 radical (unpaired) electrons. The van der Waals surface area contributed by atoms with Crippen molar-refractivity contribution in [3.8, 4) is 11.3 Å². The summed E-state index contributed by atoms with van der Waals surface area (Å²) in [6.45, 7) is 4.79. The number of aromatic nitrogens is 2. The third-order valence-corrected chi connectivity index (χ3v) is 7.14. The summed E-state index contributed by atoms with van der Waals surface area (Å²) in [4.78, 5) is 12.3. The van der Waals surface area contributed by atoms with Crippen LogP contribution in [0.5, 0.6) is 0 Å². The summed E-state index contributed by atoms with van der Waals surface area (Å²) in [7, 11) is -1.10. The second-order valence-electron chi connectivity index (χ2n) is 5.32. The standard InChI is InChI=1S/C15H19N3O2S2/c1-3-7-22(20)15-11-10(13(21-15)14(16)19)6-5-9-8-17-18(4-2)12(9)11/h8H,3-7H2,1-2H3,(H2,16,19). The minimum absolute atomic E-state index is 0.424. The van der Waals surface area contributed by atoms with Gasteiger partial charge in [0.2, 0.25) is 0 Å². The molecular formula is C15H19N3O2S2. The normalized spacial score (nSPS) is 14.5. The molecule has 7 heteroatoms. The van der Waals surface area contributed by atoms with Gasteiger partial charge in [0, 0.05) is 17.9 Å². The highest BCUT2D eigenvalue weighted by molar-refractivity contribution is 7.87. The van der Waals surface area contributed by atoms with Crippen molar-refractivity contribution in [3.05, 3.63) is 22.2 Å². The number of carbonyl (C=O) groups excluding carboxylic acids is 1. The Labute approximate surface area is 136 Å². The SMILES string of the molecule is CCCS(=O)c1sc(C(N)=O)c2c1-c1c(cnn1CC)CC2. The van der Waals surface area contributed by atoms with Crippen molar-refractivity contribution in [1.29, 1.82) is 0 Å². The van der Waals surface area contributed by atoms with E-state index in [-0.39, 0.29) is 0 Å². The summed E-state index contributed by atoms with van der Waals surface area (Å²) in [6, 6.07) is 0. The third kappa shape index (κ3) is 2.32. The van der Waals surface area contributed by atoms with Gasteiger partial charge in [0.15, 0.2) is 0 Å². The van der Waals surface area contributed by atoms with E-state index in [9.17, 15) is 9.00 Å². The van der Waals surface area contributed by atoms with Gasteiger partial charge in [0.1, 0.15) is 4.21 Å². The Kier molecular flexibility index (Phi) is 4.18. The Morgan fingerprint density at radius 1 is 1.45 bits per heavy atom. The van der Waals surface area contributed by atoms with E-state index < -0.39 is 16.7 Å². The van der Waals surface area contributed by atoms with E-state index in [1.54, 1.807) is 0 Å². The minimum Gasteiger partial charge on any atom is -0.365 e. The second-order valence-corrected chi connectivity index (χ2v) is 8.11. The summed E-state index contributed by atoms with van der Waals surface area (Å²) >= 11 is 1.30. The molecule has 3 rings (SSSR count). The maximum absolute atomic E-state index is 12.6. The van der Waals surface area contributed by atoms with Gasteiger partial charge in [0.05, 0.1) is 27.6 Å². The van der Waals surface area contributed by atoms with Crippen molar-refractivity contribution in [2.75, 3.05) is 5.75 Å². The van der Waals surface area contributed by atoms with E-state index in [0.717, 1.165) is 52.4 Å². The summed E-state index contributed by atoms with van der Waals surface area (Å²) in [5.41, 5.74) is 9.63. The van der Waals surface area contributed by atoms with Gasteiger partial charge in [0.25, 0.3) is 5.91 Å². The summed E-state index contributed by atoms with van der Waals surface area (Å²) in [5, 5.41) is 4.42. The molecule has 2 heterocycles. The zero-order valence-electron chi connectivity index (χ0n) is 12.7. The van der Waals surface area contributed by atoms with Crippen LogP contribution in [0.2, 0.25) is 0 Å². The molecule has 2 aromatic heterocycles. The molecule has 0 bridgehead atoms. The predicted molar refractivity (Wildman–Crippen MR) is 88.7 cm³/mol. The van der Waals surface area contributed by atoms with Crippen molar-refractivity contribution in [1.82, 2.24) is 9.78 Å². The van der Waals surface area contributed by atoms with E-state index in [4.69, 9.17) is 5.73 Å². The lowest BCUT2D eigenvalue weighted by Gasteiger charge is -2.16. The number of nitrogens with zero attached hydrogens (tertiary/aromatic N) is 2. The van der Waals surface area contributed by atoms with Gasteiger partial charge in [-0.05, 0) is 37.3 Å². The van der Waals surface area contributed by atoms with Crippen LogP contribution in [0.25, 0.3) is 11.3 Å². The molecule has 5 nitrogen and oxygen atoms in total. The summed E-state index contributed by atoms with van der Waals surface area (Å²) in [6.07, 6.45) is 4.33. The number of thiophene rings is 1. The van der Waals surface area contributed by atoms with Crippen molar-refractivity contribution in [2.24, 2.45) is 5.73 Å². The van der Waals surface area contributed by atoms with E-state index >= 15 is 0 Å². The van der Waals surface area contributed by atoms with Gasteiger partial charge in [-0.25, -0.2) is 0 Å². The molecule has 0 saturated carbocycles. The Bertz CT molecular complexity index is 748. The first-order chi connectivity index (χ1) is 10.6. The number of carbonyl (C=O) groups is 1. The first-order valence-corrected chi connectivity index (χ1v) is 9.60. The maximum Gasteiger partial charge on any atom is 0.259 e. The van der Waals surface area contributed by atoms with Crippen molar-refractivity contribution >= 4 is 28.0 Å². The lowest BCUT2D eigenvalue weighted by Crippen LogP contribution is -2.14. The Balaban J connectivity index is 2.27. The fourth-order valence-electron chi connectivity index (χ4n) is 2.95. The number of hydrogen-bond acceptors (Lipinski definition) is 4. The molecule has 0 fully saturated rings. The molecule has 2 N–H and O–H groups in total. The smallest absolute Gasteiger partial charge is 0.259 e. The molecule has 1 aliphatic carbocycles. The van der Waals surface area contributed by atoms with Gasteiger partial charge in [-0.2, -0.15) is 5.10 Å². The molecule has 0 aliphatic heterocycles. The lowest BCUT2D eigenvalue weighted by atomic mass is 9.92. The van der Waals surface area contributed by atoms with Crippen LogP contribution in [-0.2, 0) is 30.2 Å². The third-order valence-electron chi connectivity index (χ3n) is 3.89. The number of primary amides is 1. The average molecular weight is 337 g/mol. The van der Waals surface area contributed by atoms with E-state index in [0.29, 0.717) is 10.6 Å². The average Bonchev–Trinajstić information content (AvgIpc) is 3.07. The fourth-order valence-corrected chi connectivity index (χ4v) is 5.76. The highest BCUT2D eigenvalue weighted by Crippen LogP contribution is 2.44. The van der Waals surface area contributed by atoms with Crippen LogP contribution in [0.15, 0.2) is 10.4 Å². The molecule has 0 saturated heterocycles. The Hall–Kier alpha value is -1.47. The fraction of sp³-hybridized carbons (Fsp3) is 0.467. The van der Waals surface area contributed by atoms with Gasteiger partial charge in [-0.15, -0.1) is 11.3 Å². The lowest BCUT2D eigenvalue weighted by molar-refractivity contribution is 0.100. The number of rotatable bonds is 5. The van der Waals surface area contributed by atoms with Gasteiger partial charge < -0.3 is 5.73 Å². The molecule has 0 aromatic carbocycles. The highest BCUT2D eigenvalue weighted by atomic mass is 32.2. The van der Waals surface area contributed by atoms with Crippen LogP contribution < -0.4 is 5.73 Å². The predicted octanol–water partition coefficient (Wildman–Crippen LogP) is 2.35. The topological polar surface area (TPSA) is 78.0 Å². The van der Waals surface area contributed by atoms with Gasteiger partial charge >= 0.3 is 0 Å². The molecule has 118 valence electrons. The molecule has 0 spiro atoms. The number of nitrogens with two attached hydrogens (primary N) is 1. The number of aryl methyl sites for hydroxylation is 2. The summed E-state index contributed by atoms with van der Waals surface area (Å²) in [5.74, 6) is 0.174. The maximum atomic E-state index is 12.6. The van der Waals surface area contributed by atoms with Crippen LogP contribution in [0.1, 0.15) is 41.1 Å². The number of amides is 1. The van der Waals surface area contributed by atoms with Gasteiger partial charge in [-0.1, -0.05) is 6.92 Å². The molecular weight excluding hydrogens is 318 g/mol. The first kappa shape index (κ1) is 15.4. The van der Waals surface area contributed by atoms with Gasteiger partial charge in [-0.3, -0.25) is 13.7 Å². The number of hydrogen-bond donors (Lipinski definition) is 1. The Morgan fingerprint density at radius 3 is 2.86 bits per heavy atom. The van der Waals surface area contributed by atoms with Crippen molar-refractivity contribution < 1.29 is 9.00 Å². The highest BCUT2D eigenvalue weighted by Gasteiger charge is 2.31. The molecule has 1 unspecified atom stereocenters. The van der Waals surface area contributed by atoms with E-state index in [1.807, 2.05) is 24.7 Å². The molecule has 2 aromatic rings. The molecule has 1 atom stereocenters. The monoisotopic (exact) mass is 337 g/mol. The molecule has 1 amide bonds.